The lowest BCUT2D eigenvalue weighted by molar-refractivity contribution is -0.304. The maximum Gasteiger partial charge on any atom is 0.311 e. The Bertz CT molecular complexity index is 924. The maximum atomic E-state index is 13.1. The minimum absolute atomic E-state index is 0.230. The van der Waals surface area contributed by atoms with Gasteiger partial charge >= 0.3 is 23.9 Å². The number of hydrogen-bond donors (Lipinski definition) is 0. The Morgan fingerprint density at radius 1 is 0.590 bits per heavy atom. The van der Waals surface area contributed by atoms with Crippen LogP contribution in [0.15, 0.2) is 12.3 Å². The number of carbonyl (C=O) groups is 4. The molecule has 5 atom stereocenters. The van der Waals surface area contributed by atoms with Gasteiger partial charge in [-0.15, -0.1) is 0 Å². The Morgan fingerprint density at radius 2 is 0.949 bits per heavy atom. The van der Waals surface area contributed by atoms with Crippen molar-refractivity contribution in [3.8, 4) is 0 Å². The lowest BCUT2D eigenvalue weighted by Crippen LogP contribution is -2.64. The molecule has 224 valence electrons. The normalized spacial score (nSPS) is 24.3. The first-order valence-electron chi connectivity index (χ1n) is 13.1. The van der Waals surface area contributed by atoms with Crippen molar-refractivity contribution in [2.24, 2.45) is 21.7 Å². The standard InChI is InChI=1S/C29H48O10/c1-16(2)35-21-20(39-25(33)29(12,13)14)19(38-24(32)28(9,10)11)18(37-23(31)27(6,7)8)17(36-21)15-34-22(30)26(3,4)5/h17-21H,1,15H2,2-14H3/t17-,18-,19+,20-,21-/m1/s1. The summed E-state index contributed by atoms with van der Waals surface area (Å²) in [5.74, 6) is -2.17. The number of hydrogen-bond acceptors (Lipinski definition) is 10. The number of allylic oxidation sites excluding steroid dienone is 1. The average Bonchev–Trinajstić information content (AvgIpc) is 2.72. The van der Waals surface area contributed by atoms with Crippen molar-refractivity contribution in [3.63, 3.8) is 0 Å². The van der Waals surface area contributed by atoms with Crippen molar-refractivity contribution in [1.82, 2.24) is 0 Å². The van der Waals surface area contributed by atoms with Crippen molar-refractivity contribution >= 4 is 23.9 Å². The van der Waals surface area contributed by atoms with Crippen LogP contribution < -0.4 is 0 Å². The first kappa shape index (κ1) is 34.4. The average molecular weight is 557 g/mol. The molecule has 0 aromatic heterocycles. The van der Waals surface area contributed by atoms with Gasteiger partial charge in [-0.25, -0.2) is 0 Å². The first-order valence-corrected chi connectivity index (χ1v) is 13.1. The van der Waals surface area contributed by atoms with E-state index in [0.717, 1.165) is 0 Å². The Morgan fingerprint density at radius 3 is 1.31 bits per heavy atom. The highest BCUT2D eigenvalue weighted by atomic mass is 16.7. The fourth-order valence-corrected chi connectivity index (χ4v) is 2.98. The molecule has 0 unspecified atom stereocenters. The van der Waals surface area contributed by atoms with Gasteiger partial charge in [-0.1, -0.05) is 6.58 Å². The third-order valence-corrected chi connectivity index (χ3v) is 5.47. The molecule has 1 aliphatic rings. The quantitative estimate of drug-likeness (QED) is 0.247. The summed E-state index contributed by atoms with van der Waals surface area (Å²) in [4.78, 5) is 51.8. The molecule has 0 saturated carbocycles. The minimum atomic E-state index is -1.36. The first-order chi connectivity index (χ1) is 17.4. The summed E-state index contributed by atoms with van der Waals surface area (Å²) in [6.45, 7) is 25.0. The highest BCUT2D eigenvalue weighted by molar-refractivity contribution is 5.78. The van der Waals surface area contributed by atoms with Crippen molar-refractivity contribution < 1.29 is 47.6 Å². The molecule has 0 aliphatic carbocycles. The molecule has 39 heavy (non-hydrogen) atoms. The molecule has 0 spiro atoms. The van der Waals surface area contributed by atoms with Crippen LogP contribution in [-0.4, -0.2) is 61.2 Å². The van der Waals surface area contributed by atoms with Crippen LogP contribution in [0.2, 0.25) is 0 Å². The van der Waals surface area contributed by atoms with E-state index in [4.69, 9.17) is 28.4 Å². The van der Waals surface area contributed by atoms with Crippen LogP contribution in [0.25, 0.3) is 0 Å². The smallest absolute Gasteiger partial charge is 0.311 e. The molecule has 0 radical (unpaired) electrons. The number of esters is 4. The summed E-state index contributed by atoms with van der Waals surface area (Å²) in [5, 5.41) is 0. The molecule has 0 bridgehead atoms. The molecule has 1 heterocycles. The minimum Gasteiger partial charge on any atom is -0.466 e. The number of carbonyl (C=O) groups excluding carboxylic acids is 4. The van der Waals surface area contributed by atoms with Gasteiger partial charge in [-0.05, 0) is 90.0 Å². The second-order valence-electron chi connectivity index (χ2n) is 14.1. The molecule has 10 heteroatoms. The Kier molecular flexibility index (Phi) is 10.8. The van der Waals surface area contributed by atoms with E-state index in [0.29, 0.717) is 0 Å². The van der Waals surface area contributed by atoms with Gasteiger partial charge < -0.3 is 28.4 Å². The van der Waals surface area contributed by atoms with Crippen LogP contribution in [0.1, 0.15) is 90.0 Å². The molecular weight excluding hydrogens is 508 g/mol. The zero-order valence-electron chi connectivity index (χ0n) is 25.9. The van der Waals surface area contributed by atoms with E-state index in [2.05, 4.69) is 6.58 Å². The molecule has 1 saturated heterocycles. The third-order valence-electron chi connectivity index (χ3n) is 5.47. The third kappa shape index (κ3) is 10.1. The van der Waals surface area contributed by atoms with E-state index in [-0.39, 0.29) is 12.4 Å². The molecule has 1 fully saturated rings. The van der Waals surface area contributed by atoms with Gasteiger partial charge in [0.1, 0.15) is 12.7 Å². The highest BCUT2D eigenvalue weighted by Gasteiger charge is 2.55. The van der Waals surface area contributed by atoms with Gasteiger partial charge in [0.25, 0.3) is 0 Å². The molecule has 0 amide bonds. The summed E-state index contributed by atoms with van der Waals surface area (Å²) >= 11 is 0. The van der Waals surface area contributed by atoms with E-state index in [1.54, 1.807) is 90.0 Å². The van der Waals surface area contributed by atoms with Crippen LogP contribution in [0.3, 0.4) is 0 Å². The highest BCUT2D eigenvalue weighted by Crippen LogP contribution is 2.35. The second-order valence-corrected chi connectivity index (χ2v) is 14.1. The van der Waals surface area contributed by atoms with Gasteiger partial charge in [0, 0.05) is 0 Å². The molecule has 0 N–H and O–H groups in total. The van der Waals surface area contributed by atoms with Crippen LogP contribution in [0.5, 0.6) is 0 Å². The molecular formula is C29H48O10. The Labute approximate surface area is 233 Å². The van der Waals surface area contributed by atoms with Gasteiger partial charge in [-0.3, -0.25) is 19.2 Å². The van der Waals surface area contributed by atoms with E-state index in [9.17, 15) is 19.2 Å². The number of ether oxygens (including phenoxy) is 6. The van der Waals surface area contributed by atoms with Gasteiger partial charge in [0.05, 0.1) is 27.4 Å². The topological polar surface area (TPSA) is 124 Å². The van der Waals surface area contributed by atoms with Crippen molar-refractivity contribution in [3.05, 3.63) is 12.3 Å². The zero-order chi connectivity index (χ0) is 30.7. The molecule has 0 aromatic rings. The summed E-state index contributed by atoms with van der Waals surface area (Å²) in [6, 6.07) is 0. The van der Waals surface area contributed by atoms with Crippen molar-refractivity contribution in [2.45, 2.75) is 121 Å². The monoisotopic (exact) mass is 556 g/mol. The predicted octanol–water partition coefficient (Wildman–Crippen LogP) is 4.72. The van der Waals surface area contributed by atoms with Gasteiger partial charge in [0.2, 0.25) is 12.4 Å². The molecule has 10 nitrogen and oxygen atoms in total. The van der Waals surface area contributed by atoms with Crippen LogP contribution >= 0.6 is 0 Å². The van der Waals surface area contributed by atoms with Crippen LogP contribution in [0.4, 0.5) is 0 Å². The van der Waals surface area contributed by atoms with Crippen LogP contribution in [-0.2, 0) is 47.6 Å². The van der Waals surface area contributed by atoms with Gasteiger partial charge in [-0.2, -0.15) is 0 Å². The molecule has 1 aliphatic heterocycles. The van der Waals surface area contributed by atoms with Crippen LogP contribution in [0, 0.1) is 21.7 Å². The summed E-state index contributed by atoms with van der Waals surface area (Å²) < 4.78 is 35.0. The summed E-state index contributed by atoms with van der Waals surface area (Å²) in [7, 11) is 0. The van der Waals surface area contributed by atoms with E-state index >= 15 is 0 Å². The summed E-state index contributed by atoms with van der Waals surface area (Å²) in [5.41, 5.74) is -3.63. The maximum absolute atomic E-state index is 13.1. The number of rotatable bonds is 7. The lowest BCUT2D eigenvalue weighted by atomic mass is 9.93. The summed E-state index contributed by atoms with van der Waals surface area (Å²) in [6.07, 6.45) is -6.44. The Balaban J connectivity index is 3.70. The van der Waals surface area contributed by atoms with E-state index < -0.39 is 76.2 Å². The predicted molar refractivity (Wildman–Crippen MR) is 143 cm³/mol. The van der Waals surface area contributed by atoms with E-state index in [1.807, 2.05) is 0 Å². The van der Waals surface area contributed by atoms with Crippen molar-refractivity contribution in [2.75, 3.05) is 6.61 Å². The van der Waals surface area contributed by atoms with Crippen molar-refractivity contribution in [1.29, 1.82) is 0 Å². The zero-order valence-corrected chi connectivity index (χ0v) is 25.9. The fourth-order valence-electron chi connectivity index (χ4n) is 2.98. The largest absolute Gasteiger partial charge is 0.466 e. The fraction of sp³-hybridized carbons (Fsp3) is 0.793. The van der Waals surface area contributed by atoms with Gasteiger partial charge in [0.15, 0.2) is 12.2 Å². The molecule has 0 aromatic carbocycles. The second kappa shape index (κ2) is 12.3. The SMILES string of the molecule is C=C(C)O[C@@H]1O[C@H](COC(=O)C(C)(C)C)[C@@H](OC(=O)C(C)(C)C)[C@H](OC(=O)C(C)(C)C)[C@H]1OC(=O)C(C)(C)C. The Hall–Kier alpha value is -2.62. The van der Waals surface area contributed by atoms with E-state index in [1.165, 1.54) is 0 Å². The molecule has 1 rings (SSSR count). The lowest BCUT2D eigenvalue weighted by Gasteiger charge is -2.45.